The van der Waals surface area contributed by atoms with Gasteiger partial charge in [-0.25, -0.2) is 0 Å². The van der Waals surface area contributed by atoms with Crippen molar-refractivity contribution in [2.24, 2.45) is 17.8 Å². The molecule has 0 aromatic rings. The first-order valence-corrected chi connectivity index (χ1v) is 5.84. The summed E-state index contributed by atoms with van der Waals surface area (Å²) < 4.78 is 0. The highest BCUT2D eigenvalue weighted by Crippen LogP contribution is 2.29. The van der Waals surface area contributed by atoms with Gasteiger partial charge in [0.15, 0.2) is 0 Å². The molecular weight excluding hydrogens is 188 g/mol. The lowest BCUT2D eigenvalue weighted by Gasteiger charge is -2.12. The smallest absolute Gasteiger partial charge is 0.237 e. The van der Waals surface area contributed by atoms with Crippen molar-refractivity contribution in [1.29, 1.82) is 5.26 Å². The van der Waals surface area contributed by atoms with Gasteiger partial charge in [0.1, 0.15) is 5.92 Å². The minimum atomic E-state index is -0.469. The fraction of sp³-hybridized carbons (Fsp3) is 0.833. The van der Waals surface area contributed by atoms with Crippen LogP contribution in [0.3, 0.4) is 0 Å². The van der Waals surface area contributed by atoms with Crippen molar-refractivity contribution >= 4 is 5.91 Å². The third-order valence-electron chi connectivity index (χ3n) is 3.25. The second-order valence-electron chi connectivity index (χ2n) is 4.62. The Morgan fingerprint density at radius 3 is 2.80 bits per heavy atom. The lowest BCUT2D eigenvalue weighted by atomic mass is 10.0. The Labute approximate surface area is 91.9 Å². The minimum absolute atomic E-state index is 0.0976. The molecule has 84 valence electrons. The zero-order valence-corrected chi connectivity index (χ0v) is 9.62. The van der Waals surface area contributed by atoms with E-state index in [1.54, 1.807) is 0 Å². The summed E-state index contributed by atoms with van der Waals surface area (Å²) in [5.41, 5.74) is 0. The average molecular weight is 208 g/mol. The molecule has 3 atom stereocenters. The summed E-state index contributed by atoms with van der Waals surface area (Å²) in [6.45, 7) is 4.87. The Balaban J connectivity index is 2.25. The van der Waals surface area contributed by atoms with Gasteiger partial charge in [0.2, 0.25) is 5.91 Å². The zero-order chi connectivity index (χ0) is 11.3. The second kappa shape index (κ2) is 5.75. The van der Waals surface area contributed by atoms with Crippen molar-refractivity contribution in [3.05, 3.63) is 0 Å². The van der Waals surface area contributed by atoms with Crippen LogP contribution in [0.5, 0.6) is 0 Å². The van der Waals surface area contributed by atoms with Crippen molar-refractivity contribution in [2.45, 2.75) is 39.5 Å². The molecule has 0 aromatic carbocycles. The average Bonchev–Trinajstić information content (AvgIpc) is 2.63. The van der Waals surface area contributed by atoms with Gasteiger partial charge in [-0.3, -0.25) is 4.79 Å². The lowest BCUT2D eigenvalue weighted by Crippen LogP contribution is -2.33. The van der Waals surface area contributed by atoms with Crippen molar-refractivity contribution in [2.75, 3.05) is 6.54 Å². The van der Waals surface area contributed by atoms with Crippen molar-refractivity contribution in [3.63, 3.8) is 0 Å². The van der Waals surface area contributed by atoms with E-state index in [9.17, 15) is 4.79 Å². The molecule has 1 amide bonds. The second-order valence-corrected chi connectivity index (χ2v) is 4.62. The molecule has 1 aliphatic carbocycles. The van der Waals surface area contributed by atoms with Crippen LogP contribution in [0, 0.1) is 29.1 Å². The van der Waals surface area contributed by atoms with Crippen LogP contribution < -0.4 is 5.32 Å². The fourth-order valence-electron chi connectivity index (χ4n) is 2.21. The molecule has 1 saturated carbocycles. The maximum absolute atomic E-state index is 11.5. The van der Waals surface area contributed by atoms with Gasteiger partial charge in [-0.15, -0.1) is 0 Å². The van der Waals surface area contributed by atoms with E-state index in [-0.39, 0.29) is 5.91 Å². The molecular formula is C12H20N2O. The van der Waals surface area contributed by atoms with E-state index >= 15 is 0 Å². The molecule has 0 aromatic heterocycles. The van der Waals surface area contributed by atoms with Gasteiger partial charge in [-0.2, -0.15) is 5.26 Å². The van der Waals surface area contributed by atoms with Crippen molar-refractivity contribution < 1.29 is 4.79 Å². The highest BCUT2D eigenvalue weighted by atomic mass is 16.1. The number of carbonyl (C=O) groups is 1. The highest BCUT2D eigenvalue weighted by Gasteiger charge is 2.23. The van der Waals surface area contributed by atoms with Gasteiger partial charge in [0.05, 0.1) is 6.07 Å². The molecule has 0 heterocycles. The molecule has 1 rings (SSSR count). The monoisotopic (exact) mass is 208 g/mol. The van der Waals surface area contributed by atoms with E-state index in [4.69, 9.17) is 5.26 Å². The van der Waals surface area contributed by atoms with Crippen LogP contribution >= 0.6 is 0 Å². The van der Waals surface area contributed by atoms with E-state index < -0.39 is 5.92 Å². The van der Waals surface area contributed by atoms with E-state index in [1.165, 1.54) is 19.3 Å². The summed E-state index contributed by atoms with van der Waals surface area (Å²) in [6, 6.07) is 2.02. The van der Waals surface area contributed by atoms with E-state index in [1.807, 2.05) is 13.0 Å². The van der Waals surface area contributed by atoms with Gasteiger partial charge in [-0.1, -0.05) is 20.3 Å². The molecule has 1 fully saturated rings. The van der Waals surface area contributed by atoms with Crippen LogP contribution in [0.25, 0.3) is 0 Å². The SMILES string of the molecule is CCC(C#N)C(=O)NCC1CCC(C)C1. The van der Waals surface area contributed by atoms with Gasteiger partial charge in [0.25, 0.3) is 0 Å². The normalized spacial score (nSPS) is 27.0. The fourth-order valence-corrected chi connectivity index (χ4v) is 2.21. The Bertz CT molecular complexity index is 257. The standard InChI is InChI=1S/C12H20N2O/c1-3-11(7-13)12(15)14-8-10-5-4-9(2)6-10/h9-11H,3-6,8H2,1-2H3,(H,14,15). The van der Waals surface area contributed by atoms with Crippen molar-refractivity contribution in [1.82, 2.24) is 5.32 Å². The Morgan fingerprint density at radius 1 is 1.60 bits per heavy atom. The van der Waals surface area contributed by atoms with Crippen LogP contribution in [0.1, 0.15) is 39.5 Å². The summed E-state index contributed by atoms with van der Waals surface area (Å²) in [4.78, 5) is 11.5. The third-order valence-corrected chi connectivity index (χ3v) is 3.25. The summed E-state index contributed by atoms with van der Waals surface area (Å²) in [6.07, 6.45) is 4.30. The molecule has 0 saturated heterocycles. The number of hydrogen-bond acceptors (Lipinski definition) is 2. The highest BCUT2D eigenvalue weighted by molar-refractivity contribution is 5.80. The zero-order valence-electron chi connectivity index (χ0n) is 9.62. The van der Waals surface area contributed by atoms with Gasteiger partial charge < -0.3 is 5.32 Å². The van der Waals surface area contributed by atoms with E-state index in [0.29, 0.717) is 12.3 Å². The minimum Gasteiger partial charge on any atom is -0.355 e. The lowest BCUT2D eigenvalue weighted by molar-refractivity contribution is -0.123. The van der Waals surface area contributed by atoms with Gasteiger partial charge in [-0.05, 0) is 31.1 Å². The molecule has 1 N–H and O–H groups in total. The number of nitrogens with one attached hydrogen (secondary N) is 1. The van der Waals surface area contributed by atoms with Crippen LogP contribution in [-0.4, -0.2) is 12.5 Å². The molecule has 3 nitrogen and oxygen atoms in total. The predicted molar refractivity (Wildman–Crippen MR) is 58.9 cm³/mol. The van der Waals surface area contributed by atoms with E-state index in [2.05, 4.69) is 12.2 Å². The van der Waals surface area contributed by atoms with Crippen LogP contribution in [-0.2, 0) is 4.79 Å². The quantitative estimate of drug-likeness (QED) is 0.769. The maximum atomic E-state index is 11.5. The molecule has 3 unspecified atom stereocenters. The molecule has 15 heavy (non-hydrogen) atoms. The number of nitrogens with zero attached hydrogens (tertiary/aromatic N) is 1. The van der Waals surface area contributed by atoms with E-state index in [0.717, 1.165) is 12.5 Å². The topological polar surface area (TPSA) is 52.9 Å². The van der Waals surface area contributed by atoms with Crippen LogP contribution in [0.4, 0.5) is 0 Å². The number of amides is 1. The maximum Gasteiger partial charge on any atom is 0.237 e. The van der Waals surface area contributed by atoms with Crippen molar-refractivity contribution in [3.8, 4) is 6.07 Å². The Kier molecular flexibility index (Phi) is 4.61. The first kappa shape index (κ1) is 12.0. The number of hydrogen-bond donors (Lipinski definition) is 1. The number of carbonyl (C=O) groups excluding carboxylic acids is 1. The molecule has 0 radical (unpaired) electrons. The molecule has 3 heteroatoms. The molecule has 1 aliphatic rings. The summed E-state index contributed by atoms with van der Waals surface area (Å²) in [5, 5.41) is 11.6. The third kappa shape index (κ3) is 3.54. The first-order valence-electron chi connectivity index (χ1n) is 5.84. The largest absolute Gasteiger partial charge is 0.355 e. The molecule has 0 bridgehead atoms. The first-order chi connectivity index (χ1) is 7.17. The number of nitriles is 1. The van der Waals surface area contributed by atoms with Crippen LogP contribution in [0.15, 0.2) is 0 Å². The summed E-state index contributed by atoms with van der Waals surface area (Å²) in [5.74, 6) is 0.855. The van der Waals surface area contributed by atoms with Crippen LogP contribution in [0.2, 0.25) is 0 Å². The molecule has 0 spiro atoms. The predicted octanol–water partition coefficient (Wildman–Crippen LogP) is 2.09. The summed E-state index contributed by atoms with van der Waals surface area (Å²) in [7, 11) is 0. The van der Waals surface area contributed by atoms with Gasteiger partial charge in [0, 0.05) is 6.54 Å². The summed E-state index contributed by atoms with van der Waals surface area (Å²) >= 11 is 0. The Morgan fingerprint density at radius 2 is 2.33 bits per heavy atom. The number of rotatable bonds is 4. The molecule has 0 aliphatic heterocycles. The Hall–Kier alpha value is -1.04. The van der Waals surface area contributed by atoms with Gasteiger partial charge >= 0.3 is 0 Å².